The number of amides is 2. The van der Waals surface area contributed by atoms with Gasteiger partial charge in [-0.15, -0.1) is 0 Å². The van der Waals surface area contributed by atoms with Gasteiger partial charge in [0.15, 0.2) is 5.65 Å². The van der Waals surface area contributed by atoms with Gasteiger partial charge in [-0.05, 0) is 87.5 Å². The Bertz CT molecular complexity index is 1730. The second kappa shape index (κ2) is 10.3. The number of carboxylic acid groups (broad SMARTS) is 1. The van der Waals surface area contributed by atoms with Crippen molar-refractivity contribution in [1.82, 2.24) is 23.9 Å². The van der Waals surface area contributed by atoms with E-state index in [1.807, 2.05) is 29.2 Å². The Kier molecular flexibility index (Phi) is 6.64. The number of morpholine rings is 1. The molecule has 0 bridgehead atoms. The van der Waals surface area contributed by atoms with Crippen LogP contribution in [0.1, 0.15) is 69.4 Å². The normalized spacial score (nSPS) is 24.9. The summed E-state index contributed by atoms with van der Waals surface area (Å²) in [6, 6.07) is 8.60. The Labute approximate surface area is 265 Å². The van der Waals surface area contributed by atoms with Crippen LogP contribution in [-0.2, 0) is 16.1 Å². The number of benzene rings is 1. The molecule has 1 atom stereocenters. The summed E-state index contributed by atoms with van der Waals surface area (Å²) in [6.45, 7) is 1.75. The topological polar surface area (TPSA) is 130 Å². The zero-order valence-electron chi connectivity index (χ0n) is 25.2. The minimum Gasteiger partial charge on any atom is -0.465 e. The number of fused-ring (bicyclic) bond motifs is 1. The van der Waals surface area contributed by atoms with Crippen molar-refractivity contribution in [2.45, 2.75) is 81.6 Å². The van der Waals surface area contributed by atoms with Crippen molar-refractivity contribution in [3.8, 4) is 5.69 Å². The molecule has 8 rings (SSSR count). The first-order valence-corrected chi connectivity index (χ1v) is 16.5. The van der Waals surface area contributed by atoms with Crippen LogP contribution in [0.5, 0.6) is 0 Å². The predicted molar refractivity (Wildman–Crippen MR) is 166 cm³/mol. The first-order chi connectivity index (χ1) is 21.6. The average Bonchev–Trinajstić information content (AvgIpc) is 3.94. The van der Waals surface area contributed by atoms with Gasteiger partial charge in [-0.2, -0.15) is 0 Å². The van der Waals surface area contributed by atoms with E-state index in [0.717, 1.165) is 50.5 Å². The fourth-order valence-corrected chi connectivity index (χ4v) is 8.22. The van der Waals surface area contributed by atoms with Gasteiger partial charge >= 0.3 is 6.09 Å². The Balaban J connectivity index is 0.986. The van der Waals surface area contributed by atoms with Gasteiger partial charge in [-0.3, -0.25) is 23.6 Å². The molecule has 12 heteroatoms. The van der Waals surface area contributed by atoms with E-state index in [9.17, 15) is 24.6 Å². The van der Waals surface area contributed by atoms with E-state index >= 15 is 0 Å². The molecule has 2 saturated heterocycles. The van der Waals surface area contributed by atoms with E-state index in [4.69, 9.17) is 16.3 Å². The first-order valence-electron chi connectivity index (χ1n) is 16.1. The smallest absolute Gasteiger partial charge is 0.407 e. The monoisotopic (exact) mass is 635 g/mol. The van der Waals surface area contributed by atoms with Crippen LogP contribution in [0.25, 0.3) is 16.7 Å². The number of likely N-dealkylation sites (tertiary alicyclic amines) is 1. The van der Waals surface area contributed by atoms with Crippen LogP contribution in [-0.4, -0.2) is 83.6 Å². The van der Waals surface area contributed by atoms with Crippen molar-refractivity contribution in [2.24, 2.45) is 11.3 Å². The molecule has 1 aromatic carbocycles. The Hall–Kier alpha value is -3.41. The molecule has 45 heavy (non-hydrogen) atoms. The van der Waals surface area contributed by atoms with Crippen LogP contribution in [0.3, 0.4) is 0 Å². The lowest BCUT2D eigenvalue weighted by Crippen LogP contribution is -2.57. The average molecular weight is 636 g/mol. The molecule has 4 heterocycles. The van der Waals surface area contributed by atoms with Crippen molar-refractivity contribution >= 4 is 34.6 Å². The first kappa shape index (κ1) is 29.0. The third-order valence-electron chi connectivity index (χ3n) is 11.2. The lowest BCUT2D eigenvalue weighted by Gasteiger charge is -2.50. The van der Waals surface area contributed by atoms with Crippen LogP contribution in [0, 0.1) is 11.3 Å². The van der Waals surface area contributed by atoms with Gasteiger partial charge in [-0.1, -0.05) is 23.7 Å². The van der Waals surface area contributed by atoms with Crippen LogP contribution >= 0.6 is 11.6 Å². The second-order valence-corrected chi connectivity index (χ2v) is 14.4. The highest BCUT2D eigenvalue weighted by Gasteiger charge is 2.60. The summed E-state index contributed by atoms with van der Waals surface area (Å²) in [6.07, 6.45) is 8.42. The molecule has 2 aliphatic heterocycles. The van der Waals surface area contributed by atoms with E-state index < -0.39 is 17.7 Å². The van der Waals surface area contributed by atoms with Crippen molar-refractivity contribution in [3.05, 3.63) is 57.7 Å². The van der Waals surface area contributed by atoms with Crippen molar-refractivity contribution in [1.29, 1.82) is 0 Å². The fraction of sp³-hybridized carbons (Fsp3) is 0.576. The largest absolute Gasteiger partial charge is 0.465 e. The lowest BCUT2D eigenvalue weighted by atomic mass is 9.78. The number of rotatable bonds is 6. The van der Waals surface area contributed by atoms with Gasteiger partial charge in [0.2, 0.25) is 5.91 Å². The van der Waals surface area contributed by atoms with Gasteiger partial charge in [0, 0.05) is 18.8 Å². The van der Waals surface area contributed by atoms with E-state index in [2.05, 4.69) is 4.98 Å². The molecule has 3 aliphatic carbocycles. The molecule has 11 nitrogen and oxygen atoms in total. The Morgan fingerprint density at radius 2 is 1.76 bits per heavy atom. The van der Waals surface area contributed by atoms with Gasteiger partial charge in [0.05, 0.1) is 47.7 Å². The quantitative estimate of drug-likeness (QED) is 0.412. The third kappa shape index (κ3) is 4.85. The van der Waals surface area contributed by atoms with Crippen LogP contribution < -0.4 is 5.56 Å². The Morgan fingerprint density at radius 3 is 2.36 bits per heavy atom. The highest BCUT2D eigenvalue weighted by molar-refractivity contribution is 6.31. The lowest BCUT2D eigenvalue weighted by molar-refractivity contribution is -0.164. The highest BCUT2D eigenvalue weighted by Crippen LogP contribution is 2.62. The van der Waals surface area contributed by atoms with Crippen LogP contribution in [0.2, 0.25) is 5.15 Å². The van der Waals surface area contributed by atoms with Crippen molar-refractivity contribution in [2.75, 3.05) is 26.2 Å². The summed E-state index contributed by atoms with van der Waals surface area (Å²) in [5, 5.41) is 22.0. The molecule has 1 unspecified atom stereocenters. The van der Waals surface area contributed by atoms with Crippen molar-refractivity contribution < 1.29 is 24.5 Å². The minimum atomic E-state index is -1.11. The van der Waals surface area contributed by atoms with Crippen LogP contribution in [0.4, 0.5) is 4.79 Å². The van der Waals surface area contributed by atoms with Gasteiger partial charge in [0.25, 0.3) is 5.56 Å². The maximum atomic E-state index is 13.6. The molecule has 2 aromatic heterocycles. The number of nitrogens with zero attached hydrogens (tertiary/aromatic N) is 5. The predicted octanol–water partition coefficient (Wildman–Crippen LogP) is 4.36. The zero-order valence-corrected chi connectivity index (χ0v) is 25.9. The highest BCUT2D eigenvalue weighted by atomic mass is 35.5. The molecule has 5 fully saturated rings. The molecule has 2 amide bonds. The van der Waals surface area contributed by atoms with E-state index in [1.165, 1.54) is 15.8 Å². The molecule has 0 radical (unpaired) electrons. The number of hydrogen-bond donors (Lipinski definition) is 2. The second-order valence-electron chi connectivity index (χ2n) is 14.0. The summed E-state index contributed by atoms with van der Waals surface area (Å²) >= 11 is 6.65. The molecule has 5 aliphatic rings. The number of carbonyl (C=O) groups excluding carboxylic acids is 1. The molecule has 1 spiro atoms. The minimum absolute atomic E-state index is 0.0902. The van der Waals surface area contributed by atoms with Gasteiger partial charge in [0.1, 0.15) is 11.5 Å². The summed E-state index contributed by atoms with van der Waals surface area (Å²) in [5.41, 5.74) is 0.0288. The number of carbonyl (C=O) groups is 2. The third-order valence-corrected chi connectivity index (χ3v) is 11.5. The summed E-state index contributed by atoms with van der Waals surface area (Å²) in [7, 11) is 0. The SMILES string of the molecule is O=C(O)N1CC2(CCC2)OCC1c1ccc(-n2c(Cl)cc3c(=O)n(CC4(O)CCN(C(=O)C5(C6CC6)CC5)CC4)cnc32)cc1. The number of halogens is 1. The van der Waals surface area contributed by atoms with Gasteiger partial charge in [-0.25, -0.2) is 9.78 Å². The number of ether oxygens (including phenoxy) is 1. The number of aliphatic hydroxyl groups is 1. The Morgan fingerprint density at radius 1 is 1.04 bits per heavy atom. The van der Waals surface area contributed by atoms with E-state index in [-0.39, 0.29) is 29.0 Å². The van der Waals surface area contributed by atoms with Crippen molar-refractivity contribution in [3.63, 3.8) is 0 Å². The molecular weight excluding hydrogens is 598 g/mol. The number of piperidine rings is 1. The maximum absolute atomic E-state index is 13.6. The van der Waals surface area contributed by atoms with Gasteiger partial charge < -0.3 is 19.8 Å². The summed E-state index contributed by atoms with van der Waals surface area (Å²) in [5.74, 6) is 0.803. The molecule has 238 valence electrons. The standard InChI is InChI=1S/C33H38ClN5O6/c34-26-16-24-27(39(26)23-6-2-21(3-7-23)25-17-45-32(8-1-9-32)19-38(25)30(42)43)35-20-37(28(24)40)18-31(44)12-14-36(15-13-31)29(41)33(10-11-33)22-4-5-22/h2-3,6-7,16,20,22,25,44H,1,4-5,8-15,17-19H2,(H,42,43). The molecular formula is C33H38ClN5O6. The number of aromatic nitrogens is 3. The van der Waals surface area contributed by atoms with Crippen LogP contribution in [0.15, 0.2) is 41.5 Å². The zero-order chi connectivity index (χ0) is 31.1. The maximum Gasteiger partial charge on any atom is 0.407 e. The molecule has 3 aromatic rings. The van der Waals surface area contributed by atoms with E-state index in [0.29, 0.717) is 66.9 Å². The fourth-order valence-electron chi connectivity index (χ4n) is 7.94. The molecule has 3 saturated carbocycles. The summed E-state index contributed by atoms with van der Waals surface area (Å²) < 4.78 is 9.27. The summed E-state index contributed by atoms with van der Waals surface area (Å²) in [4.78, 5) is 46.9. The van der Waals surface area contributed by atoms with E-state index in [1.54, 1.807) is 10.6 Å². The number of hydrogen-bond acceptors (Lipinski definition) is 6. The molecule has 2 N–H and O–H groups in total.